The second-order valence-corrected chi connectivity index (χ2v) is 6.77. The molecule has 0 radical (unpaired) electrons. The fourth-order valence-corrected chi connectivity index (χ4v) is 2.71. The average molecular weight is 332 g/mol. The number of ether oxygens (including phenoxy) is 1. The third kappa shape index (κ3) is 6.50. The molecule has 6 nitrogen and oxygen atoms in total. The normalized spacial score (nSPS) is 11.6. The van der Waals surface area contributed by atoms with Crippen molar-refractivity contribution in [3.63, 3.8) is 0 Å². The summed E-state index contributed by atoms with van der Waals surface area (Å²) < 4.78 is 42.8. The van der Waals surface area contributed by atoms with Gasteiger partial charge < -0.3 is 10.1 Å². The van der Waals surface area contributed by atoms with Crippen LogP contribution in [0.5, 0.6) is 0 Å². The Morgan fingerprint density at radius 3 is 2.59 bits per heavy atom. The lowest BCUT2D eigenvalue weighted by atomic mass is 10.3. The first kappa shape index (κ1) is 18.5. The van der Waals surface area contributed by atoms with E-state index >= 15 is 0 Å². The molecule has 0 saturated heterocycles. The summed E-state index contributed by atoms with van der Waals surface area (Å²) in [7, 11) is -1.86. The zero-order chi connectivity index (χ0) is 16.6. The molecule has 0 atom stereocenters. The summed E-state index contributed by atoms with van der Waals surface area (Å²) in [6.45, 7) is 0.760. The lowest BCUT2D eigenvalue weighted by Crippen LogP contribution is -2.34. The van der Waals surface area contributed by atoms with E-state index in [4.69, 9.17) is 4.74 Å². The van der Waals surface area contributed by atoms with Crippen molar-refractivity contribution in [3.05, 3.63) is 30.1 Å². The van der Waals surface area contributed by atoms with Gasteiger partial charge in [0.1, 0.15) is 5.82 Å². The van der Waals surface area contributed by atoms with Crippen LogP contribution in [0.2, 0.25) is 0 Å². The van der Waals surface area contributed by atoms with Crippen molar-refractivity contribution < 1.29 is 22.3 Å². The first-order valence-electron chi connectivity index (χ1n) is 6.83. The third-order valence-corrected chi connectivity index (χ3v) is 4.26. The van der Waals surface area contributed by atoms with E-state index < -0.39 is 21.7 Å². The summed E-state index contributed by atoms with van der Waals surface area (Å²) in [6, 6.07) is 5.81. The first-order valence-corrected chi connectivity index (χ1v) is 8.68. The van der Waals surface area contributed by atoms with Crippen LogP contribution >= 0.6 is 0 Å². The van der Waals surface area contributed by atoms with E-state index in [1.54, 1.807) is 6.07 Å². The van der Waals surface area contributed by atoms with E-state index in [1.807, 2.05) is 0 Å². The molecule has 1 rings (SSSR count). The largest absolute Gasteiger partial charge is 0.385 e. The van der Waals surface area contributed by atoms with Crippen molar-refractivity contribution in [2.24, 2.45) is 0 Å². The number of hydrogen-bond donors (Lipinski definition) is 1. The smallest absolute Gasteiger partial charge is 0.225 e. The summed E-state index contributed by atoms with van der Waals surface area (Å²) in [4.78, 5) is 11.8. The van der Waals surface area contributed by atoms with Gasteiger partial charge in [0.25, 0.3) is 0 Å². The molecule has 22 heavy (non-hydrogen) atoms. The molecule has 0 aromatic heterocycles. The number of rotatable bonds is 9. The number of benzene rings is 1. The monoisotopic (exact) mass is 332 g/mol. The third-order valence-electron chi connectivity index (χ3n) is 2.96. The number of amides is 1. The van der Waals surface area contributed by atoms with Gasteiger partial charge in [-0.2, -0.15) is 0 Å². The van der Waals surface area contributed by atoms with Crippen LogP contribution in [0, 0.1) is 5.82 Å². The highest BCUT2D eigenvalue weighted by molar-refractivity contribution is 7.88. The topological polar surface area (TPSA) is 75.7 Å². The van der Waals surface area contributed by atoms with Crippen LogP contribution in [0.15, 0.2) is 24.3 Å². The Balaban J connectivity index is 2.53. The molecule has 0 saturated carbocycles. The minimum absolute atomic E-state index is 0.0445. The van der Waals surface area contributed by atoms with E-state index in [1.165, 1.54) is 29.6 Å². The zero-order valence-corrected chi connectivity index (χ0v) is 13.5. The van der Waals surface area contributed by atoms with Crippen molar-refractivity contribution in [2.75, 3.05) is 38.4 Å². The van der Waals surface area contributed by atoms with Crippen LogP contribution in [0.25, 0.3) is 0 Å². The molecular weight excluding hydrogens is 311 g/mol. The number of nitrogens with zero attached hydrogens (tertiary/aromatic N) is 1. The van der Waals surface area contributed by atoms with Crippen molar-refractivity contribution in [2.45, 2.75) is 12.8 Å². The lowest BCUT2D eigenvalue weighted by molar-refractivity contribution is -0.116. The van der Waals surface area contributed by atoms with Gasteiger partial charge in [0.05, 0.1) is 11.9 Å². The number of carbonyl (C=O) groups is 1. The fraction of sp³-hybridized carbons (Fsp3) is 0.500. The van der Waals surface area contributed by atoms with Crippen LogP contribution in [0.1, 0.15) is 12.8 Å². The van der Waals surface area contributed by atoms with Gasteiger partial charge in [-0.15, -0.1) is 0 Å². The highest BCUT2D eigenvalue weighted by atomic mass is 32.2. The van der Waals surface area contributed by atoms with Gasteiger partial charge >= 0.3 is 0 Å². The highest BCUT2D eigenvalue weighted by Gasteiger charge is 2.17. The number of halogens is 1. The molecule has 1 N–H and O–H groups in total. The number of sulfonamides is 1. The Bertz CT molecular complexity index is 592. The molecule has 0 bridgehead atoms. The summed E-state index contributed by atoms with van der Waals surface area (Å²) in [5, 5.41) is 2.42. The Morgan fingerprint density at radius 2 is 2.00 bits per heavy atom. The predicted molar refractivity (Wildman–Crippen MR) is 82.6 cm³/mol. The molecule has 1 amide bonds. The van der Waals surface area contributed by atoms with Crippen LogP contribution in [-0.4, -0.2) is 51.7 Å². The van der Waals surface area contributed by atoms with Gasteiger partial charge in [-0.05, 0) is 18.6 Å². The molecule has 0 aliphatic heterocycles. The van der Waals surface area contributed by atoms with Gasteiger partial charge in [-0.1, -0.05) is 12.1 Å². The van der Waals surface area contributed by atoms with Crippen molar-refractivity contribution >= 4 is 21.6 Å². The predicted octanol–water partition coefficient (Wildman–Crippen LogP) is 1.45. The summed E-state index contributed by atoms with van der Waals surface area (Å²) in [5.74, 6) is -0.971. The molecule has 0 heterocycles. The molecule has 1 aromatic rings. The van der Waals surface area contributed by atoms with E-state index in [0.717, 1.165) is 6.26 Å². The van der Waals surface area contributed by atoms with Gasteiger partial charge in [0, 0.05) is 33.2 Å². The van der Waals surface area contributed by atoms with Gasteiger partial charge in [-0.3, -0.25) is 4.79 Å². The van der Waals surface area contributed by atoms with Crippen LogP contribution in [0.4, 0.5) is 10.1 Å². The SMILES string of the molecule is COCCCN(CCC(=O)Nc1ccccc1F)S(C)(=O)=O. The van der Waals surface area contributed by atoms with Crippen molar-refractivity contribution in [1.29, 1.82) is 0 Å². The maximum Gasteiger partial charge on any atom is 0.225 e. The Hall–Kier alpha value is -1.51. The Morgan fingerprint density at radius 1 is 1.32 bits per heavy atom. The number of anilines is 1. The maximum absolute atomic E-state index is 13.4. The van der Waals surface area contributed by atoms with Crippen LogP contribution in [0.3, 0.4) is 0 Å². The second-order valence-electron chi connectivity index (χ2n) is 4.79. The molecule has 124 valence electrons. The van der Waals surface area contributed by atoms with E-state index in [0.29, 0.717) is 13.0 Å². The number of hydrogen-bond acceptors (Lipinski definition) is 4. The van der Waals surface area contributed by atoms with Crippen molar-refractivity contribution in [3.8, 4) is 0 Å². The Labute approximate surface area is 130 Å². The lowest BCUT2D eigenvalue weighted by Gasteiger charge is -2.19. The number of para-hydroxylation sites is 1. The van der Waals surface area contributed by atoms with E-state index in [-0.39, 0.29) is 25.2 Å². The summed E-state index contributed by atoms with van der Waals surface area (Å²) >= 11 is 0. The highest BCUT2D eigenvalue weighted by Crippen LogP contribution is 2.12. The van der Waals surface area contributed by atoms with Gasteiger partial charge in [-0.25, -0.2) is 17.1 Å². The molecule has 8 heteroatoms. The maximum atomic E-state index is 13.4. The molecule has 0 spiro atoms. The fourth-order valence-electron chi connectivity index (χ4n) is 1.83. The summed E-state index contributed by atoms with van der Waals surface area (Å²) in [5.41, 5.74) is 0.0813. The quantitative estimate of drug-likeness (QED) is 0.695. The first-order chi connectivity index (χ1) is 10.3. The van der Waals surface area contributed by atoms with Gasteiger partial charge in [0.15, 0.2) is 0 Å². The minimum Gasteiger partial charge on any atom is -0.385 e. The molecule has 0 unspecified atom stereocenters. The number of nitrogens with one attached hydrogen (secondary N) is 1. The standard InChI is InChI=1S/C14H21FN2O4S/c1-21-11-5-9-17(22(2,19)20)10-8-14(18)16-13-7-4-3-6-12(13)15/h3-4,6-7H,5,8-11H2,1-2H3,(H,16,18). The Kier molecular flexibility index (Phi) is 7.43. The number of methoxy groups -OCH3 is 1. The van der Waals surface area contributed by atoms with E-state index in [2.05, 4.69) is 5.32 Å². The van der Waals surface area contributed by atoms with E-state index in [9.17, 15) is 17.6 Å². The molecule has 1 aromatic carbocycles. The summed E-state index contributed by atoms with van der Waals surface area (Å²) in [6.07, 6.45) is 1.58. The number of carbonyl (C=O) groups excluding carboxylic acids is 1. The minimum atomic E-state index is -3.40. The molecule has 0 aliphatic carbocycles. The molecular formula is C14H21FN2O4S. The van der Waals surface area contributed by atoms with Gasteiger partial charge in [0.2, 0.25) is 15.9 Å². The molecule has 0 fully saturated rings. The van der Waals surface area contributed by atoms with Crippen molar-refractivity contribution in [1.82, 2.24) is 4.31 Å². The van der Waals surface area contributed by atoms with Crippen LogP contribution < -0.4 is 5.32 Å². The second kappa shape index (κ2) is 8.82. The van der Waals surface area contributed by atoms with Crippen LogP contribution in [-0.2, 0) is 19.6 Å². The average Bonchev–Trinajstić information content (AvgIpc) is 2.44. The zero-order valence-electron chi connectivity index (χ0n) is 12.7. The molecule has 0 aliphatic rings.